The molecule has 0 bridgehead atoms. The van der Waals surface area contributed by atoms with Gasteiger partial charge in [0.1, 0.15) is 5.56 Å². The van der Waals surface area contributed by atoms with Crippen LogP contribution in [-0.4, -0.2) is 4.98 Å². The highest BCUT2D eigenvalue weighted by Crippen LogP contribution is 2.30. The number of halogens is 6. The van der Waals surface area contributed by atoms with E-state index in [0.29, 0.717) is 6.20 Å². The first-order chi connectivity index (χ1) is 7.29. The van der Waals surface area contributed by atoms with Gasteiger partial charge in [0.2, 0.25) is 5.43 Å². The van der Waals surface area contributed by atoms with Crippen molar-refractivity contribution in [3.8, 4) is 0 Å². The van der Waals surface area contributed by atoms with Crippen molar-refractivity contribution in [2.75, 3.05) is 0 Å². The quantitative estimate of drug-likeness (QED) is 0.660. The highest BCUT2D eigenvalue weighted by atomic mass is 79.9. The third-order valence-corrected chi connectivity index (χ3v) is 2.41. The Bertz CT molecular complexity index is 439. The van der Waals surface area contributed by atoms with E-state index in [1.165, 1.54) is 0 Å². The number of alkyl halides is 6. The van der Waals surface area contributed by atoms with Gasteiger partial charge in [-0.1, -0.05) is 15.9 Å². The highest BCUT2D eigenvalue weighted by molar-refractivity contribution is 9.08. The van der Waals surface area contributed by atoms with Gasteiger partial charge in [-0.3, -0.25) is 4.79 Å². The van der Waals surface area contributed by atoms with Crippen LogP contribution in [0.15, 0.2) is 11.0 Å². The Balaban J connectivity index is 3.54. The van der Waals surface area contributed by atoms with E-state index in [4.69, 9.17) is 0 Å². The molecule has 2 nitrogen and oxygen atoms in total. The smallest absolute Gasteiger partial charge is 0.363 e. The third kappa shape index (κ3) is 2.42. The zero-order chi connectivity index (χ0) is 12.5. The fourth-order valence-electron chi connectivity index (χ4n) is 1.15. The molecule has 0 saturated carbocycles. The molecule has 1 aromatic rings. The number of rotatable bonds is 2. The number of nitrogens with one attached hydrogen (secondary N) is 1. The van der Waals surface area contributed by atoms with E-state index in [2.05, 4.69) is 15.9 Å². The molecule has 0 spiro atoms. The molecule has 8 heteroatoms. The second-order valence-corrected chi connectivity index (χ2v) is 3.42. The topological polar surface area (TPSA) is 32.9 Å². The Kier molecular flexibility index (Phi) is 3.72. The Morgan fingerprint density at radius 3 is 2.31 bits per heavy atom. The maximum Gasteiger partial charge on any atom is 0.421 e. The molecular formula is C8H5BrF5NO. The van der Waals surface area contributed by atoms with Gasteiger partial charge >= 0.3 is 6.18 Å². The molecule has 0 aliphatic rings. The van der Waals surface area contributed by atoms with Crippen LogP contribution in [0.4, 0.5) is 22.0 Å². The highest BCUT2D eigenvalue weighted by Gasteiger charge is 2.38. The van der Waals surface area contributed by atoms with Crippen LogP contribution >= 0.6 is 15.9 Å². The Morgan fingerprint density at radius 1 is 1.38 bits per heavy atom. The van der Waals surface area contributed by atoms with Crippen molar-refractivity contribution in [2.24, 2.45) is 0 Å². The number of aromatic nitrogens is 1. The molecule has 0 aliphatic heterocycles. The average molecular weight is 306 g/mol. The van der Waals surface area contributed by atoms with Crippen molar-refractivity contribution in [2.45, 2.75) is 17.9 Å². The molecule has 0 radical (unpaired) electrons. The fourth-order valence-corrected chi connectivity index (χ4v) is 1.59. The van der Waals surface area contributed by atoms with Crippen LogP contribution in [0.5, 0.6) is 0 Å². The lowest BCUT2D eigenvalue weighted by atomic mass is 10.1. The lowest BCUT2D eigenvalue weighted by Gasteiger charge is -2.11. The van der Waals surface area contributed by atoms with Gasteiger partial charge in [0.05, 0.1) is 5.56 Å². The van der Waals surface area contributed by atoms with Crippen LogP contribution in [0, 0.1) is 0 Å². The Labute approximate surface area is 94.6 Å². The molecule has 16 heavy (non-hydrogen) atoms. The zero-order valence-electron chi connectivity index (χ0n) is 7.54. The van der Waals surface area contributed by atoms with Gasteiger partial charge in [-0.05, 0) is 0 Å². The summed E-state index contributed by atoms with van der Waals surface area (Å²) in [6.45, 7) is 0. The van der Waals surface area contributed by atoms with E-state index in [0.717, 1.165) is 0 Å². The standard InChI is InChI=1S/C8H5BrF5NO/c9-1-4-5(8(12,13)14)6(16)3(2-15-4)7(10)11/h2,7H,1H2,(H,15,16). The molecule has 1 aromatic heterocycles. The summed E-state index contributed by atoms with van der Waals surface area (Å²) >= 11 is 2.74. The molecule has 0 amide bonds. The van der Waals surface area contributed by atoms with Crippen LogP contribution in [0.3, 0.4) is 0 Å². The first kappa shape index (κ1) is 13.1. The maximum atomic E-state index is 12.5. The minimum absolute atomic E-state index is 0.277. The zero-order valence-corrected chi connectivity index (χ0v) is 9.12. The van der Waals surface area contributed by atoms with Crippen LogP contribution in [0.1, 0.15) is 23.2 Å². The second-order valence-electron chi connectivity index (χ2n) is 2.86. The summed E-state index contributed by atoms with van der Waals surface area (Å²) in [4.78, 5) is 13.2. The predicted octanol–water partition coefficient (Wildman–Crippen LogP) is 3.23. The van der Waals surface area contributed by atoms with E-state index < -0.39 is 34.9 Å². The average Bonchev–Trinajstić information content (AvgIpc) is 2.14. The lowest BCUT2D eigenvalue weighted by Crippen LogP contribution is -2.25. The van der Waals surface area contributed by atoms with Gasteiger partial charge in [0.15, 0.2) is 0 Å². The van der Waals surface area contributed by atoms with Crippen molar-refractivity contribution in [1.29, 1.82) is 0 Å². The summed E-state index contributed by atoms with van der Waals surface area (Å²) in [5, 5.41) is -0.277. The molecule has 0 aromatic carbocycles. The molecule has 0 aliphatic carbocycles. The molecule has 0 atom stereocenters. The monoisotopic (exact) mass is 305 g/mol. The summed E-state index contributed by atoms with van der Waals surface area (Å²) in [6.07, 6.45) is -7.60. The van der Waals surface area contributed by atoms with E-state index in [1.807, 2.05) is 4.98 Å². The minimum atomic E-state index is -4.96. The first-order valence-corrected chi connectivity index (χ1v) is 5.07. The van der Waals surface area contributed by atoms with E-state index >= 15 is 0 Å². The molecule has 0 unspecified atom stereocenters. The van der Waals surface area contributed by atoms with E-state index in [1.54, 1.807) is 0 Å². The van der Waals surface area contributed by atoms with E-state index in [-0.39, 0.29) is 5.33 Å². The number of pyridine rings is 1. The van der Waals surface area contributed by atoms with Gasteiger partial charge in [0, 0.05) is 17.2 Å². The normalized spacial score (nSPS) is 12.2. The predicted molar refractivity (Wildman–Crippen MR) is 49.7 cm³/mol. The summed E-state index contributed by atoms with van der Waals surface area (Å²) in [7, 11) is 0. The molecule has 1 rings (SSSR count). The van der Waals surface area contributed by atoms with E-state index in [9.17, 15) is 26.7 Å². The van der Waals surface area contributed by atoms with Crippen molar-refractivity contribution in [1.82, 2.24) is 4.98 Å². The summed E-state index contributed by atoms with van der Waals surface area (Å²) in [6, 6.07) is 0. The van der Waals surface area contributed by atoms with Crippen LogP contribution in [0.2, 0.25) is 0 Å². The molecular weight excluding hydrogens is 301 g/mol. The molecule has 1 N–H and O–H groups in total. The van der Waals surface area contributed by atoms with Crippen molar-refractivity contribution >= 4 is 15.9 Å². The number of hydrogen-bond donors (Lipinski definition) is 1. The van der Waals surface area contributed by atoms with Gasteiger partial charge in [-0.2, -0.15) is 13.2 Å². The number of H-pyrrole nitrogens is 1. The lowest BCUT2D eigenvalue weighted by molar-refractivity contribution is -0.139. The largest absolute Gasteiger partial charge is 0.421 e. The fraction of sp³-hybridized carbons (Fsp3) is 0.375. The SMILES string of the molecule is O=c1c(C(F)F)c[nH]c(CBr)c1C(F)(F)F. The molecule has 1 heterocycles. The van der Waals surface area contributed by atoms with Crippen LogP contribution in [0.25, 0.3) is 0 Å². The third-order valence-electron chi connectivity index (χ3n) is 1.85. The van der Waals surface area contributed by atoms with Gasteiger partial charge in [-0.15, -0.1) is 0 Å². The number of aromatic amines is 1. The Morgan fingerprint density at radius 2 is 1.94 bits per heavy atom. The Hall–Kier alpha value is -0.920. The van der Waals surface area contributed by atoms with Gasteiger partial charge in [-0.25, -0.2) is 8.78 Å². The summed E-state index contributed by atoms with van der Waals surface area (Å²) < 4.78 is 61.8. The molecule has 0 saturated heterocycles. The summed E-state index contributed by atoms with van der Waals surface area (Å²) in [5.41, 5.74) is -4.92. The molecule has 0 fully saturated rings. The summed E-state index contributed by atoms with van der Waals surface area (Å²) in [5.74, 6) is 0. The van der Waals surface area contributed by atoms with Crippen LogP contribution < -0.4 is 5.43 Å². The first-order valence-electron chi connectivity index (χ1n) is 3.94. The van der Waals surface area contributed by atoms with Crippen molar-refractivity contribution in [3.63, 3.8) is 0 Å². The number of hydrogen-bond acceptors (Lipinski definition) is 1. The molecule has 90 valence electrons. The van der Waals surface area contributed by atoms with Gasteiger partial charge < -0.3 is 4.98 Å². The van der Waals surface area contributed by atoms with Crippen LogP contribution in [-0.2, 0) is 11.5 Å². The van der Waals surface area contributed by atoms with Crippen molar-refractivity contribution < 1.29 is 22.0 Å². The van der Waals surface area contributed by atoms with Gasteiger partial charge in [0.25, 0.3) is 6.43 Å². The van der Waals surface area contributed by atoms with Crippen molar-refractivity contribution in [3.05, 3.63) is 33.2 Å². The maximum absolute atomic E-state index is 12.5. The second kappa shape index (κ2) is 4.52. The minimum Gasteiger partial charge on any atom is -0.363 e.